The first-order valence-electron chi connectivity index (χ1n) is 4.70. The molecular weight excluding hydrogens is 224 g/mol. The van der Waals surface area contributed by atoms with E-state index in [0.717, 1.165) is 11.3 Å². The maximum absolute atomic E-state index is 9.09. The first-order valence-corrected chi connectivity index (χ1v) is 5.08. The largest absolute Gasteiger partial charge is 0.233 e. The quantitative estimate of drug-likeness (QED) is 0.759. The lowest BCUT2D eigenvalue weighted by molar-refractivity contribution is 0.834. The van der Waals surface area contributed by atoms with Gasteiger partial charge < -0.3 is 0 Å². The van der Waals surface area contributed by atoms with Gasteiger partial charge in [-0.25, -0.2) is 9.67 Å². The highest BCUT2D eigenvalue weighted by Gasteiger charge is 2.11. The standard InChI is InChI=1S/C11H9ClN4/c1-7-3-8(2)15-11(10(7)4-13)16-6-9(12)5-14-16/h3,5-6H,1-2H3. The Hall–Kier alpha value is -1.86. The highest BCUT2D eigenvalue weighted by atomic mass is 35.5. The van der Waals surface area contributed by atoms with Crippen LogP contribution in [0.15, 0.2) is 18.5 Å². The van der Waals surface area contributed by atoms with E-state index in [2.05, 4.69) is 16.2 Å². The van der Waals surface area contributed by atoms with Gasteiger partial charge in [0.1, 0.15) is 6.07 Å². The Kier molecular flexibility index (Phi) is 2.63. The Morgan fingerprint density at radius 1 is 1.44 bits per heavy atom. The fourth-order valence-corrected chi connectivity index (χ4v) is 1.67. The highest BCUT2D eigenvalue weighted by Crippen LogP contribution is 2.17. The van der Waals surface area contributed by atoms with Crippen LogP contribution >= 0.6 is 11.6 Å². The lowest BCUT2D eigenvalue weighted by Gasteiger charge is -2.06. The second-order valence-corrected chi connectivity index (χ2v) is 3.93. The number of nitriles is 1. The summed E-state index contributed by atoms with van der Waals surface area (Å²) in [7, 11) is 0. The molecule has 2 rings (SSSR count). The minimum atomic E-state index is 0.518. The smallest absolute Gasteiger partial charge is 0.171 e. The van der Waals surface area contributed by atoms with Gasteiger partial charge in [-0.2, -0.15) is 10.4 Å². The first-order chi connectivity index (χ1) is 7.61. The molecular formula is C11H9ClN4. The average molecular weight is 233 g/mol. The van der Waals surface area contributed by atoms with Crippen molar-refractivity contribution in [2.24, 2.45) is 0 Å². The number of halogens is 1. The summed E-state index contributed by atoms with van der Waals surface area (Å²) < 4.78 is 1.51. The predicted octanol–water partition coefficient (Wildman–Crippen LogP) is 2.41. The van der Waals surface area contributed by atoms with Crippen LogP contribution in [-0.4, -0.2) is 14.8 Å². The molecule has 0 aromatic carbocycles. The molecule has 0 spiro atoms. The summed E-state index contributed by atoms with van der Waals surface area (Å²) in [4.78, 5) is 4.31. The number of rotatable bonds is 1. The molecule has 0 aliphatic heterocycles. The molecule has 2 heterocycles. The third kappa shape index (κ3) is 1.77. The third-order valence-electron chi connectivity index (χ3n) is 2.21. The van der Waals surface area contributed by atoms with E-state index in [1.165, 1.54) is 10.9 Å². The van der Waals surface area contributed by atoms with Gasteiger partial charge >= 0.3 is 0 Å². The highest BCUT2D eigenvalue weighted by molar-refractivity contribution is 6.30. The fourth-order valence-electron chi connectivity index (χ4n) is 1.54. The molecule has 0 fully saturated rings. The van der Waals surface area contributed by atoms with Gasteiger partial charge in [0.05, 0.1) is 23.0 Å². The van der Waals surface area contributed by atoms with Crippen molar-refractivity contribution in [1.29, 1.82) is 5.26 Å². The molecule has 0 bridgehead atoms. The molecule has 2 aromatic rings. The molecule has 2 aromatic heterocycles. The minimum Gasteiger partial charge on any atom is -0.233 e. The number of nitrogens with zero attached hydrogens (tertiary/aromatic N) is 4. The van der Waals surface area contributed by atoms with Gasteiger partial charge in [-0.1, -0.05) is 11.6 Å². The van der Waals surface area contributed by atoms with E-state index in [1.54, 1.807) is 6.20 Å². The van der Waals surface area contributed by atoms with Gasteiger partial charge in [-0.05, 0) is 25.5 Å². The van der Waals surface area contributed by atoms with E-state index in [0.29, 0.717) is 16.4 Å². The Morgan fingerprint density at radius 3 is 2.75 bits per heavy atom. The third-order valence-corrected chi connectivity index (χ3v) is 2.40. The maximum atomic E-state index is 9.09. The molecule has 0 atom stereocenters. The summed E-state index contributed by atoms with van der Waals surface area (Å²) in [6, 6.07) is 4.00. The topological polar surface area (TPSA) is 54.5 Å². The minimum absolute atomic E-state index is 0.518. The van der Waals surface area contributed by atoms with Crippen molar-refractivity contribution in [3.8, 4) is 11.9 Å². The van der Waals surface area contributed by atoms with Crippen LogP contribution in [0.4, 0.5) is 0 Å². The van der Waals surface area contributed by atoms with E-state index >= 15 is 0 Å². The molecule has 16 heavy (non-hydrogen) atoms. The Labute approximate surface area is 98.1 Å². The lowest BCUT2D eigenvalue weighted by atomic mass is 10.1. The van der Waals surface area contributed by atoms with Crippen LogP contribution in [0.3, 0.4) is 0 Å². The van der Waals surface area contributed by atoms with Crippen LogP contribution in [0.25, 0.3) is 5.82 Å². The molecule has 0 saturated carbocycles. The average Bonchev–Trinajstić information content (AvgIpc) is 2.63. The zero-order chi connectivity index (χ0) is 11.7. The van der Waals surface area contributed by atoms with Crippen LogP contribution in [0.5, 0.6) is 0 Å². The Bertz CT molecular complexity index is 580. The van der Waals surface area contributed by atoms with Gasteiger partial charge in [0.2, 0.25) is 0 Å². The van der Waals surface area contributed by atoms with E-state index in [9.17, 15) is 0 Å². The summed E-state index contributed by atoms with van der Waals surface area (Å²) in [5, 5.41) is 13.7. The number of aromatic nitrogens is 3. The molecule has 0 aliphatic carbocycles. The second-order valence-electron chi connectivity index (χ2n) is 3.49. The summed E-state index contributed by atoms with van der Waals surface area (Å²) >= 11 is 5.79. The number of hydrogen-bond acceptors (Lipinski definition) is 3. The molecule has 0 amide bonds. The van der Waals surface area contributed by atoms with E-state index in [-0.39, 0.29) is 0 Å². The van der Waals surface area contributed by atoms with Crippen molar-refractivity contribution in [2.75, 3.05) is 0 Å². The van der Waals surface area contributed by atoms with Crippen molar-refractivity contribution in [3.05, 3.63) is 40.3 Å². The van der Waals surface area contributed by atoms with Crippen LogP contribution in [0, 0.1) is 25.2 Å². The first kappa shape index (κ1) is 10.7. The maximum Gasteiger partial charge on any atom is 0.171 e. The molecule has 0 aliphatic rings. The second kappa shape index (κ2) is 3.95. The fraction of sp³-hybridized carbons (Fsp3) is 0.182. The van der Waals surface area contributed by atoms with E-state index in [4.69, 9.17) is 16.9 Å². The summed E-state index contributed by atoms with van der Waals surface area (Å²) in [5.41, 5.74) is 2.25. The van der Waals surface area contributed by atoms with E-state index < -0.39 is 0 Å². The van der Waals surface area contributed by atoms with Gasteiger partial charge in [0.25, 0.3) is 0 Å². The molecule has 0 N–H and O–H groups in total. The lowest BCUT2D eigenvalue weighted by Crippen LogP contribution is -2.04. The summed E-state index contributed by atoms with van der Waals surface area (Å²) in [5.74, 6) is 0.520. The molecule has 0 saturated heterocycles. The monoisotopic (exact) mass is 232 g/mol. The number of aryl methyl sites for hydroxylation is 2. The number of pyridine rings is 1. The zero-order valence-corrected chi connectivity index (χ0v) is 9.65. The molecule has 4 nitrogen and oxygen atoms in total. The SMILES string of the molecule is Cc1cc(C)c(C#N)c(-n2cc(Cl)cn2)n1. The van der Waals surface area contributed by atoms with Crippen molar-refractivity contribution in [2.45, 2.75) is 13.8 Å². The van der Waals surface area contributed by atoms with Crippen molar-refractivity contribution in [3.63, 3.8) is 0 Å². The number of hydrogen-bond donors (Lipinski definition) is 0. The van der Waals surface area contributed by atoms with Crippen LogP contribution in [-0.2, 0) is 0 Å². The van der Waals surface area contributed by atoms with Crippen LogP contribution < -0.4 is 0 Å². The normalized spacial score (nSPS) is 10.1. The van der Waals surface area contributed by atoms with Gasteiger partial charge in [-0.3, -0.25) is 0 Å². The molecule has 0 unspecified atom stereocenters. The van der Waals surface area contributed by atoms with Crippen LogP contribution in [0.1, 0.15) is 16.8 Å². The summed E-state index contributed by atoms with van der Waals surface area (Å²) in [6.45, 7) is 3.75. The molecule has 5 heteroatoms. The van der Waals surface area contributed by atoms with Crippen molar-refractivity contribution >= 4 is 11.6 Å². The van der Waals surface area contributed by atoms with Crippen LogP contribution in [0.2, 0.25) is 5.02 Å². The van der Waals surface area contributed by atoms with Crippen molar-refractivity contribution < 1.29 is 0 Å². The summed E-state index contributed by atoms with van der Waals surface area (Å²) in [6.07, 6.45) is 3.14. The van der Waals surface area contributed by atoms with E-state index in [1.807, 2.05) is 19.9 Å². The zero-order valence-electron chi connectivity index (χ0n) is 8.90. The Morgan fingerprint density at radius 2 is 2.19 bits per heavy atom. The molecule has 0 radical (unpaired) electrons. The predicted molar refractivity (Wildman–Crippen MR) is 60.6 cm³/mol. The van der Waals surface area contributed by atoms with Crippen molar-refractivity contribution in [1.82, 2.24) is 14.8 Å². The molecule has 80 valence electrons. The van der Waals surface area contributed by atoms with Gasteiger partial charge in [-0.15, -0.1) is 0 Å². The Balaban J connectivity index is 2.69. The van der Waals surface area contributed by atoms with Gasteiger partial charge in [0.15, 0.2) is 5.82 Å². The van der Waals surface area contributed by atoms with Gasteiger partial charge in [0, 0.05) is 5.69 Å².